The zero-order valence-electron chi connectivity index (χ0n) is 9.42. The number of methoxy groups -OCH3 is 1. The molecule has 0 aliphatic heterocycles. The molecule has 1 atom stereocenters. The van der Waals surface area contributed by atoms with Gasteiger partial charge in [0.05, 0.1) is 19.1 Å². The second-order valence-electron chi connectivity index (χ2n) is 3.62. The van der Waals surface area contributed by atoms with Crippen molar-refractivity contribution in [2.45, 2.75) is 18.6 Å². The van der Waals surface area contributed by atoms with Gasteiger partial charge in [0.15, 0.2) is 0 Å². The van der Waals surface area contributed by atoms with Gasteiger partial charge in [-0.05, 0) is 23.8 Å². The van der Waals surface area contributed by atoms with Crippen LogP contribution in [0.3, 0.4) is 0 Å². The van der Waals surface area contributed by atoms with Crippen LogP contribution in [0, 0.1) is 0 Å². The van der Waals surface area contributed by atoms with Gasteiger partial charge in [-0.2, -0.15) is 13.2 Å². The number of hydrogen-bond acceptors (Lipinski definition) is 3. The standard InChI is InChI=1S/C11H11ClF3NO2/c1-18-10(17)5-9(16)7-4-6(11(13,14)15)2-3-8(7)12/h2-4,9H,5,16H2,1H3/t9-/m0/s1. The van der Waals surface area contributed by atoms with Crippen LogP contribution in [0.5, 0.6) is 0 Å². The normalized spacial score (nSPS) is 13.2. The van der Waals surface area contributed by atoms with Gasteiger partial charge in [0.2, 0.25) is 0 Å². The Hall–Kier alpha value is -1.27. The van der Waals surface area contributed by atoms with Gasteiger partial charge in [-0.25, -0.2) is 0 Å². The number of nitrogens with two attached hydrogens (primary N) is 1. The van der Waals surface area contributed by atoms with Gasteiger partial charge in [0.25, 0.3) is 0 Å². The number of esters is 1. The predicted molar refractivity (Wildman–Crippen MR) is 60.0 cm³/mol. The summed E-state index contributed by atoms with van der Waals surface area (Å²) in [6.45, 7) is 0. The molecule has 0 saturated carbocycles. The summed E-state index contributed by atoms with van der Waals surface area (Å²) in [4.78, 5) is 11.0. The molecule has 1 aromatic carbocycles. The Bertz CT molecular complexity index is 448. The van der Waals surface area contributed by atoms with Crippen LogP contribution in [0.1, 0.15) is 23.6 Å². The van der Waals surface area contributed by atoms with Crippen LogP contribution in [-0.2, 0) is 15.7 Å². The molecule has 0 unspecified atom stereocenters. The third-order valence-corrected chi connectivity index (χ3v) is 2.68. The highest BCUT2D eigenvalue weighted by atomic mass is 35.5. The number of halogens is 4. The van der Waals surface area contributed by atoms with Crippen LogP contribution in [0.25, 0.3) is 0 Å². The molecule has 7 heteroatoms. The molecular weight excluding hydrogens is 271 g/mol. The smallest absolute Gasteiger partial charge is 0.416 e. The second-order valence-corrected chi connectivity index (χ2v) is 4.03. The molecule has 0 aromatic heterocycles. The molecule has 1 rings (SSSR count). The molecule has 0 bridgehead atoms. The Morgan fingerprint density at radius 1 is 1.50 bits per heavy atom. The van der Waals surface area contributed by atoms with Crippen molar-refractivity contribution in [2.24, 2.45) is 5.73 Å². The maximum Gasteiger partial charge on any atom is 0.416 e. The minimum absolute atomic E-state index is 0.0666. The first-order valence-electron chi connectivity index (χ1n) is 4.94. The first kappa shape index (κ1) is 14.8. The quantitative estimate of drug-likeness (QED) is 0.867. The van der Waals surface area contributed by atoms with E-state index in [1.807, 2.05) is 0 Å². The van der Waals surface area contributed by atoms with Crippen molar-refractivity contribution in [3.8, 4) is 0 Å². The minimum Gasteiger partial charge on any atom is -0.469 e. The summed E-state index contributed by atoms with van der Waals surface area (Å²) in [5, 5.41) is 0.0828. The summed E-state index contributed by atoms with van der Waals surface area (Å²) >= 11 is 5.77. The Morgan fingerprint density at radius 3 is 2.61 bits per heavy atom. The molecule has 3 nitrogen and oxygen atoms in total. The van der Waals surface area contributed by atoms with Crippen molar-refractivity contribution in [1.82, 2.24) is 0 Å². The SMILES string of the molecule is COC(=O)C[C@H](N)c1cc(C(F)(F)F)ccc1Cl. The molecule has 0 radical (unpaired) electrons. The van der Waals surface area contributed by atoms with E-state index in [4.69, 9.17) is 17.3 Å². The fraction of sp³-hybridized carbons (Fsp3) is 0.364. The highest BCUT2D eigenvalue weighted by molar-refractivity contribution is 6.31. The van der Waals surface area contributed by atoms with E-state index >= 15 is 0 Å². The van der Waals surface area contributed by atoms with E-state index in [1.54, 1.807) is 0 Å². The monoisotopic (exact) mass is 281 g/mol. The summed E-state index contributed by atoms with van der Waals surface area (Å²) < 4.78 is 41.9. The van der Waals surface area contributed by atoms with Gasteiger partial charge in [0, 0.05) is 11.1 Å². The van der Waals surface area contributed by atoms with E-state index in [2.05, 4.69) is 4.74 Å². The third kappa shape index (κ3) is 3.61. The van der Waals surface area contributed by atoms with Crippen molar-refractivity contribution in [3.05, 3.63) is 34.3 Å². The lowest BCUT2D eigenvalue weighted by molar-refractivity contribution is -0.141. The van der Waals surface area contributed by atoms with Gasteiger partial charge in [-0.3, -0.25) is 4.79 Å². The topological polar surface area (TPSA) is 52.3 Å². The van der Waals surface area contributed by atoms with E-state index in [9.17, 15) is 18.0 Å². The molecule has 0 amide bonds. The second kappa shape index (κ2) is 5.58. The van der Waals surface area contributed by atoms with E-state index in [1.165, 1.54) is 7.11 Å². The van der Waals surface area contributed by atoms with Crippen LogP contribution >= 0.6 is 11.6 Å². The highest BCUT2D eigenvalue weighted by Gasteiger charge is 2.31. The van der Waals surface area contributed by atoms with Gasteiger partial charge in [-0.1, -0.05) is 11.6 Å². The highest BCUT2D eigenvalue weighted by Crippen LogP contribution is 2.33. The molecular formula is C11H11ClF3NO2. The van der Waals surface area contributed by atoms with Gasteiger partial charge in [-0.15, -0.1) is 0 Å². The maximum absolute atomic E-state index is 12.5. The molecule has 18 heavy (non-hydrogen) atoms. The van der Waals surface area contributed by atoms with E-state index in [0.717, 1.165) is 18.2 Å². The average molecular weight is 282 g/mol. The lowest BCUT2D eigenvalue weighted by Gasteiger charge is -2.15. The molecule has 0 heterocycles. The number of carbonyl (C=O) groups excluding carboxylic acids is 1. The van der Waals surface area contributed by atoms with Crippen LogP contribution in [-0.4, -0.2) is 13.1 Å². The minimum atomic E-state index is -4.48. The molecule has 100 valence electrons. The molecule has 2 N–H and O–H groups in total. The molecule has 0 spiro atoms. The molecule has 1 aromatic rings. The summed E-state index contributed by atoms with van der Waals surface area (Å²) in [6.07, 6.45) is -4.72. The first-order chi connectivity index (χ1) is 8.25. The number of benzene rings is 1. The number of alkyl halides is 3. The fourth-order valence-corrected chi connectivity index (χ4v) is 1.63. The van der Waals surface area contributed by atoms with E-state index in [0.29, 0.717) is 0 Å². The number of hydrogen-bond donors (Lipinski definition) is 1. The maximum atomic E-state index is 12.5. The zero-order chi connectivity index (χ0) is 13.9. The number of carbonyl (C=O) groups is 1. The summed E-state index contributed by atoms with van der Waals surface area (Å²) in [7, 11) is 1.17. The van der Waals surface area contributed by atoms with Crippen molar-refractivity contribution in [1.29, 1.82) is 0 Å². The number of ether oxygens (including phenoxy) is 1. The van der Waals surface area contributed by atoms with Gasteiger partial charge >= 0.3 is 12.1 Å². The van der Waals surface area contributed by atoms with Crippen LogP contribution < -0.4 is 5.73 Å². The Balaban J connectivity index is 3.04. The third-order valence-electron chi connectivity index (χ3n) is 2.34. The van der Waals surface area contributed by atoms with Crippen molar-refractivity contribution in [2.75, 3.05) is 7.11 Å². The Labute approximate surface area is 107 Å². The summed E-state index contributed by atoms with van der Waals surface area (Å²) in [5.74, 6) is -0.615. The summed E-state index contributed by atoms with van der Waals surface area (Å²) in [5.41, 5.74) is 4.84. The predicted octanol–water partition coefficient (Wildman–Crippen LogP) is 2.92. The van der Waals surface area contributed by atoms with Crippen LogP contribution in [0.15, 0.2) is 18.2 Å². The van der Waals surface area contributed by atoms with E-state index in [-0.39, 0.29) is 17.0 Å². The van der Waals surface area contributed by atoms with E-state index < -0.39 is 23.8 Å². The fourth-order valence-electron chi connectivity index (χ4n) is 1.38. The molecule has 0 aliphatic rings. The number of rotatable bonds is 3. The zero-order valence-corrected chi connectivity index (χ0v) is 10.2. The Morgan fingerprint density at radius 2 is 2.11 bits per heavy atom. The van der Waals surface area contributed by atoms with Crippen molar-refractivity contribution in [3.63, 3.8) is 0 Å². The molecule has 0 saturated heterocycles. The Kier molecular flexibility index (Phi) is 4.59. The van der Waals surface area contributed by atoms with Crippen LogP contribution in [0.2, 0.25) is 5.02 Å². The molecule has 0 fully saturated rings. The molecule has 0 aliphatic carbocycles. The average Bonchev–Trinajstić information content (AvgIpc) is 2.27. The summed E-state index contributed by atoms with van der Waals surface area (Å²) in [6, 6.07) is 1.87. The van der Waals surface area contributed by atoms with Crippen molar-refractivity contribution >= 4 is 17.6 Å². The van der Waals surface area contributed by atoms with Crippen molar-refractivity contribution < 1.29 is 22.7 Å². The van der Waals surface area contributed by atoms with Gasteiger partial charge in [0.1, 0.15) is 0 Å². The lowest BCUT2D eigenvalue weighted by atomic mass is 10.0. The van der Waals surface area contributed by atoms with Gasteiger partial charge < -0.3 is 10.5 Å². The van der Waals surface area contributed by atoms with Crippen LogP contribution in [0.4, 0.5) is 13.2 Å². The lowest BCUT2D eigenvalue weighted by Crippen LogP contribution is -2.17. The first-order valence-corrected chi connectivity index (χ1v) is 5.32. The largest absolute Gasteiger partial charge is 0.469 e.